The van der Waals surface area contributed by atoms with Crippen LogP contribution in [0.1, 0.15) is 118 Å². The van der Waals surface area contributed by atoms with Crippen molar-refractivity contribution in [1.82, 2.24) is 10.2 Å². The van der Waals surface area contributed by atoms with Gasteiger partial charge in [-0.2, -0.15) is 0 Å². The summed E-state index contributed by atoms with van der Waals surface area (Å²) in [6.45, 7) is 9.31. The number of amides is 2. The second kappa shape index (κ2) is 16.7. The zero-order chi connectivity index (χ0) is 21.3. The molecule has 0 saturated heterocycles. The highest BCUT2D eigenvalue weighted by Crippen LogP contribution is 2.15. The first kappa shape index (κ1) is 26.7. The Kier molecular flexibility index (Phi) is 15.9. The lowest BCUT2D eigenvalue weighted by molar-refractivity contribution is -0.121. The van der Waals surface area contributed by atoms with Gasteiger partial charge < -0.3 is 15.3 Å². The number of hydrogen-bond donors (Lipinski definition) is 2. The summed E-state index contributed by atoms with van der Waals surface area (Å²) in [6.07, 6.45) is 15.1. The number of unbranched alkanes of at least 4 members (excludes halogenated alkanes) is 11. The third-order valence-electron chi connectivity index (χ3n) is 5.18. The minimum absolute atomic E-state index is 0.174. The van der Waals surface area contributed by atoms with E-state index in [1.807, 2.05) is 20.8 Å². The van der Waals surface area contributed by atoms with Gasteiger partial charge in [-0.1, -0.05) is 71.1 Å². The highest BCUT2D eigenvalue weighted by Gasteiger charge is 2.25. The fourth-order valence-electron chi connectivity index (χ4n) is 3.38. The van der Waals surface area contributed by atoms with E-state index in [4.69, 9.17) is 0 Å². The summed E-state index contributed by atoms with van der Waals surface area (Å²) in [5.41, 5.74) is -0.352. The normalized spacial score (nSPS) is 11.4. The summed E-state index contributed by atoms with van der Waals surface area (Å²) >= 11 is 0. The van der Waals surface area contributed by atoms with Gasteiger partial charge >= 0.3 is 6.09 Å². The molecule has 28 heavy (non-hydrogen) atoms. The van der Waals surface area contributed by atoms with E-state index in [0.29, 0.717) is 13.0 Å². The van der Waals surface area contributed by atoms with Gasteiger partial charge in [0.2, 0.25) is 5.91 Å². The Balaban J connectivity index is 3.47. The summed E-state index contributed by atoms with van der Waals surface area (Å²) in [5.74, 6) is 0.174. The number of carboxylic acid groups (broad SMARTS) is 1. The van der Waals surface area contributed by atoms with Crippen LogP contribution in [0, 0.1) is 0 Å². The van der Waals surface area contributed by atoms with E-state index < -0.39 is 6.09 Å². The molecule has 0 radical (unpaired) electrons. The summed E-state index contributed by atoms with van der Waals surface area (Å²) < 4.78 is 0. The molecule has 0 fully saturated rings. The van der Waals surface area contributed by atoms with Gasteiger partial charge in [-0.05, 0) is 40.0 Å². The molecule has 0 aromatic carbocycles. The minimum Gasteiger partial charge on any atom is -0.465 e. The monoisotopic (exact) mass is 398 g/mol. The van der Waals surface area contributed by atoms with Crippen molar-refractivity contribution < 1.29 is 14.7 Å². The molecule has 0 saturated carbocycles. The molecular weight excluding hydrogens is 352 g/mol. The predicted molar refractivity (Wildman–Crippen MR) is 118 cm³/mol. The second-order valence-electron chi connectivity index (χ2n) is 8.95. The number of hydrogen-bond acceptors (Lipinski definition) is 2. The summed E-state index contributed by atoms with van der Waals surface area (Å²) in [6, 6.07) is 0. The molecule has 0 aliphatic heterocycles. The Morgan fingerprint density at radius 2 is 1.29 bits per heavy atom. The highest BCUT2D eigenvalue weighted by atomic mass is 16.4. The number of nitrogens with zero attached hydrogens (tertiary/aromatic N) is 1. The molecule has 0 spiro atoms. The molecule has 0 rings (SSSR count). The van der Waals surface area contributed by atoms with Crippen molar-refractivity contribution in [2.75, 3.05) is 13.1 Å². The molecule has 0 unspecified atom stereocenters. The van der Waals surface area contributed by atoms with Crippen molar-refractivity contribution in [3.8, 4) is 0 Å². The summed E-state index contributed by atoms with van der Waals surface area (Å²) in [4.78, 5) is 24.6. The van der Waals surface area contributed by atoms with Crippen LogP contribution in [-0.2, 0) is 4.79 Å². The molecule has 0 aliphatic carbocycles. The molecular formula is C23H46N2O3. The molecule has 0 heterocycles. The molecule has 0 aliphatic rings. The number of rotatable bonds is 17. The number of nitrogens with one attached hydrogen (secondary N) is 1. The summed E-state index contributed by atoms with van der Waals surface area (Å²) in [5, 5.41) is 12.3. The summed E-state index contributed by atoms with van der Waals surface area (Å²) in [7, 11) is 0. The van der Waals surface area contributed by atoms with Crippen molar-refractivity contribution >= 4 is 12.0 Å². The fraction of sp³-hybridized carbons (Fsp3) is 0.913. The van der Waals surface area contributed by atoms with Crippen LogP contribution >= 0.6 is 0 Å². The Labute approximate surface area is 173 Å². The molecule has 5 nitrogen and oxygen atoms in total. The van der Waals surface area contributed by atoms with Gasteiger partial charge in [0.25, 0.3) is 0 Å². The van der Waals surface area contributed by atoms with E-state index in [1.54, 1.807) is 0 Å². The average molecular weight is 399 g/mol. The van der Waals surface area contributed by atoms with Crippen LogP contribution in [0.5, 0.6) is 0 Å². The SMILES string of the molecule is CCCCCCCCCCCC(=O)NCCCCCCN(C(=O)O)C(C)(C)C. The Morgan fingerprint density at radius 1 is 0.786 bits per heavy atom. The van der Waals surface area contributed by atoms with Crippen LogP contribution in [0.15, 0.2) is 0 Å². The Hall–Kier alpha value is -1.26. The van der Waals surface area contributed by atoms with E-state index in [-0.39, 0.29) is 11.4 Å². The third kappa shape index (κ3) is 15.8. The molecule has 2 N–H and O–H groups in total. The van der Waals surface area contributed by atoms with Gasteiger partial charge in [-0.25, -0.2) is 4.79 Å². The lowest BCUT2D eigenvalue weighted by atomic mass is 10.1. The third-order valence-corrected chi connectivity index (χ3v) is 5.18. The highest BCUT2D eigenvalue weighted by molar-refractivity contribution is 5.75. The van der Waals surface area contributed by atoms with E-state index in [0.717, 1.165) is 45.1 Å². The van der Waals surface area contributed by atoms with Gasteiger partial charge in [-0.3, -0.25) is 4.79 Å². The molecule has 0 aromatic heterocycles. The minimum atomic E-state index is -0.851. The van der Waals surface area contributed by atoms with Gasteiger partial charge in [-0.15, -0.1) is 0 Å². The van der Waals surface area contributed by atoms with E-state index in [9.17, 15) is 14.7 Å². The van der Waals surface area contributed by atoms with Gasteiger partial charge in [0, 0.05) is 25.0 Å². The maximum atomic E-state index is 11.8. The van der Waals surface area contributed by atoms with Crippen LogP contribution in [0.4, 0.5) is 4.79 Å². The van der Waals surface area contributed by atoms with Gasteiger partial charge in [0.05, 0.1) is 0 Å². The zero-order valence-electron chi connectivity index (χ0n) is 19.0. The smallest absolute Gasteiger partial charge is 0.407 e. The van der Waals surface area contributed by atoms with Crippen LogP contribution in [0.2, 0.25) is 0 Å². The van der Waals surface area contributed by atoms with Crippen LogP contribution in [0.25, 0.3) is 0 Å². The Bertz CT molecular complexity index is 405. The fourth-order valence-corrected chi connectivity index (χ4v) is 3.38. The van der Waals surface area contributed by atoms with E-state index in [2.05, 4.69) is 12.2 Å². The zero-order valence-corrected chi connectivity index (χ0v) is 19.0. The maximum Gasteiger partial charge on any atom is 0.407 e. The Morgan fingerprint density at radius 3 is 1.82 bits per heavy atom. The quantitative estimate of drug-likeness (QED) is 0.280. The topological polar surface area (TPSA) is 69.6 Å². The lowest BCUT2D eigenvalue weighted by Crippen LogP contribution is -2.45. The average Bonchev–Trinajstić information content (AvgIpc) is 2.61. The van der Waals surface area contributed by atoms with Crippen molar-refractivity contribution in [2.24, 2.45) is 0 Å². The van der Waals surface area contributed by atoms with Crippen molar-refractivity contribution in [2.45, 2.75) is 123 Å². The molecule has 166 valence electrons. The standard InChI is InChI=1S/C23H46N2O3/c1-5-6-7-8-9-10-11-12-15-18-21(26)24-19-16-13-14-17-20-25(22(27)28)23(2,3)4/h5-20H2,1-4H3,(H,24,26)(H,27,28). The van der Waals surface area contributed by atoms with Crippen molar-refractivity contribution in [3.63, 3.8) is 0 Å². The largest absolute Gasteiger partial charge is 0.465 e. The maximum absolute atomic E-state index is 11.8. The molecule has 0 atom stereocenters. The number of carbonyl (C=O) groups is 2. The number of carbonyl (C=O) groups excluding carboxylic acids is 1. The van der Waals surface area contributed by atoms with E-state index in [1.165, 1.54) is 49.8 Å². The van der Waals surface area contributed by atoms with Crippen molar-refractivity contribution in [1.29, 1.82) is 0 Å². The molecule has 0 aromatic rings. The van der Waals surface area contributed by atoms with E-state index >= 15 is 0 Å². The first-order valence-corrected chi connectivity index (χ1v) is 11.6. The van der Waals surface area contributed by atoms with Crippen LogP contribution < -0.4 is 5.32 Å². The second-order valence-corrected chi connectivity index (χ2v) is 8.95. The van der Waals surface area contributed by atoms with Crippen molar-refractivity contribution in [3.05, 3.63) is 0 Å². The molecule has 2 amide bonds. The molecule has 5 heteroatoms. The first-order chi connectivity index (χ1) is 13.3. The predicted octanol–water partition coefficient (Wildman–Crippen LogP) is 6.36. The lowest BCUT2D eigenvalue weighted by Gasteiger charge is -2.33. The first-order valence-electron chi connectivity index (χ1n) is 11.6. The van der Waals surface area contributed by atoms with Gasteiger partial charge in [0.15, 0.2) is 0 Å². The van der Waals surface area contributed by atoms with Crippen LogP contribution in [-0.4, -0.2) is 40.6 Å². The molecule has 0 bridgehead atoms. The van der Waals surface area contributed by atoms with Crippen LogP contribution in [0.3, 0.4) is 0 Å². The van der Waals surface area contributed by atoms with Gasteiger partial charge in [0.1, 0.15) is 0 Å².